The number of halogens is 1. The molecule has 0 atom stereocenters. The van der Waals surface area contributed by atoms with Crippen LogP contribution in [0.3, 0.4) is 0 Å². The van der Waals surface area contributed by atoms with Crippen molar-refractivity contribution in [2.45, 2.75) is 27.0 Å². The molecule has 1 N–H and O–H groups in total. The van der Waals surface area contributed by atoms with Crippen molar-refractivity contribution in [1.82, 2.24) is 0 Å². The molecule has 140 valence electrons. The Kier molecular flexibility index (Phi) is 6.31. The second-order valence-electron chi connectivity index (χ2n) is 6.35. The maximum absolute atomic E-state index is 13.0. The van der Waals surface area contributed by atoms with Gasteiger partial charge in [-0.1, -0.05) is 35.9 Å². The van der Waals surface area contributed by atoms with Crippen molar-refractivity contribution in [3.05, 3.63) is 89.2 Å². The molecule has 0 aliphatic rings. The molecular formula is C23H24FNO2. The first kappa shape index (κ1) is 18.8. The van der Waals surface area contributed by atoms with Crippen molar-refractivity contribution >= 4 is 5.69 Å². The van der Waals surface area contributed by atoms with Crippen molar-refractivity contribution in [3.8, 4) is 11.5 Å². The fourth-order valence-electron chi connectivity index (χ4n) is 2.78. The van der Waals surface area contributed by atoms with Crippen molar-refractivity contribution in [3.63, 3.8) is 0 Å². The van der Waals surface area contributed by atoms with Crippen LogP contribution < -0.4 is 14.8 Å². The minimum absolute atomic E-state index is 0.241. The highest BCUT2D eigenvalue weighted by Crippen LogP contribution is 2.29. The number of hydrogen-bond donors (Lipinski definition) is 1. The molecule has 0 amide bonds. The lowest BCUT2D eigenvalue weighted by atomic mass is 10.1. The Morgan fingerprint density at radius 2 is 1.67 bits per heavy atom. The molecule has 3 aromatic rings. The maximum atomic E-state index is 13.0. The van der Waals surface area contributed by atoms with Crippen molar-refractivity contribution < 1.29 is 13.9 Å². The van der Waals surface area contributed by atoms with Crippen LogP contribution in [0.25, 0.3) is 0 Å². The van der Waals surface area contributed by atoms with Gasteiger partial charge in [0.05, 0.1) is 6.61 Å². The number of hydrogen-bond acceptors (Lipinski definition) is 3. The summed E-state index contributed by atoms with van der Waals surface area (Å²) >= 11 is 0. The predicted octanol–water partition coefficient (Wildman–Crippen LogP) is 5.72. The highest BCUT2D eigenvalue weighted by atomic mass is 19.1. The predicted molar refractivity (Wildman–Crippen MR) is 107 cm³/mol. The van der Waals surface area contributed by atoms with Gasteiger partial charge in [0.2, 0.25) is 0 Å². The van der Waals surface area contributed by atoms with Crippen molar-refractivity contribution in [1.29, 1.82) is 0 Å². The van der Waals surface area contributed by atoms with E-state index < -0.39 is 0 Å². The molecule has 0 spiro atoms. The van der Waals surface area contributed by atoms with Crippen LogP contribution >= 0.6 is 0 Å². The Morgan fingerprint density at radius 3 is 2.41 bits per heavy atom. The van der Waals surface area contributed by atoms with Gasteiger partial charge in [-0.2, -0.15) is 0 Å². The van der Waals surface area contributed by atoms with Crippen molar-refractivity contribution in [2.24, 2.45) is 0 Å². The van der Waals surface area contributed by atoms with E-state index in [1.807, 2.05) is 37.3 Å². The number of rotatable bonds is 8. The van der Waals surface area contributed by atoms with E-state index in [1.54, 1.807) is 12.1 Å². The second kappa shape index (κ2) is 9.08. The Bertz CT molecular complexity index is 878. The van der Waals surface area contributed by atoms with Gasteiger partial charge in [0.25, 0.3) is 0 Å². The van der Waals surface area contributed by atoms with Crippen LogP contribution in [0.15, 0.2) is 66.7 Å². The van der Waals surface area contributed by atoms with Crippen LogP contribution in [0, 0.1) is 12.7 Å². The molecule has 0 unspecified atom stereocenters. The monoisotopic (exact) mass is 365 g/mol. The molecule has 0 heterocycles. The molecule has 0 bridgehead atoms. The molecule has 4 heteroatoms. The van der Waals surface area contributed by atoms with E-state index in [0.29, 0.717) is 19.8 Å². The molecular weight excluding hydrogens is 341 g/mol. The molecule has 0 aromatic heterocycles. The molecule has 0 radical (unpaired) electrons. The molecule has 3 aromatic carbocycles. The third-order valence-electron chi connectivity index (χ3n) is 4.13. The lowest BCUT2D eigenvalue weighted by molar-refractivity contribution is 0.269. The van der Waals surface area contributed by atoms with Crippen LogP contribution in [0.1, 0.15) is 23.6 Å². The van der Waals surface area contributed by atoms with E-state index >= 15 is 0 Å². The number of aryl methyl sites for hydroxylation is 1. The van der Waals surface area contributed by atoms with Crippen molar-refractivity contribution in [2.75, 3.05) is 11.9 Å². The van der Waals surface area contributed by atoms with Gasteiger partial charge in [-0.25, -0.2) is 4.39 Å². The van der Waals surface area contributed by atoms with Gasteiger partial charge in [0.1, 0.15) is 12.4 Å². The third-order valence-corrected chi connectivity index (χ3v) is 4.13. The lowest BCUT2D eigenvalue weighted by Gasteiger charge is -2.14. The first-order chi connectivity index (χ1) is 13.1. The highest BCUT2D eigenvalue weighted by molar-refractivity contribution is 5.47. The summed E-state index contributed by atoms with van der Waals surface area (Å²) in [4.78, 5) is 0. The van der Waals surface area contributed by atoms with Crippen LogP contribution in [-0.4, -0.2) is 6.61 Å². The lowest BCUT2D eigenvalue weighted by Crippen LogP contribution is -2.03. The number of anilines is 1. The summed E-state index contributed by atoms with van der Waals surface area (Å²) in [6.07, 6.45) is 0. The summed E-state index contributed by atoms with van der Waals surface area (Å²) in [5, 5.41) is 3.28. The van der Waals surface area contributed by atoms with E-state index in [4.69, 9.17) is 9.47 Å². The number of nitrogens with one attached hydrogen (secondary N) is 1. The van der Waals surface area contributed by atoms with Gasteiger partial charge in [-0.05, 0) is 61.4 Å². The first-order valence-electron chi connectivity index (χ1n) is 9.07. The number of benzene rings is 3. The summed E-state index contributed by atoms with van der Waals surface area (Å²) in [5.74, 6) is 1.21. The molecule has 0 aliphatic carbocycles. The number of ether oxygens (including phenoxy) is 2. The zero-order valence-corrected chi connectivity index (χ0v) is 15.7. The minimum Gasteiger partial charge on any atom is -0.490 e. The first-order valence-corrected chi connectivity index (χ1v) is 9.07. The molecule has 3 nitrogen and oxygen atoms in total. The molecule has 0 saturated carbocycles. The highest BCUT2D eigenvalue weighted by Gasteiger charge is 2.07. The third kappa shape index (κ3) is 5.48. The molecule has 0 aliphatic heterocycles. The van der Waals surface area contributed by atoms with Gasteiger partial charge < -0.3 is 14.8 Å². The van der Waals surface area contributed by atoms with Crippen LogP contribution in [0.5, 0.6) is 11.5 Å². The summed E-state index contributed by atoms with van der Waals surface area (Å²) in [6, 6.07) is 20.5. The fraction of sp³-hybridized carbons (Fsp3) is 0.217. The van der Waals surface area contributed by atoms with E-state index in [-0.39, 0.29) is 5.82 Å². The summed E-state index contributed by atoms with van der Waals surface area (Å²) in [5.41, 5.74) is 4.27. The van der Waals surface area contributed by atoms with Crippen LogP contribution in [0.4, 0.5) is 10.1 Å². The minimum atomic E-state index is -0.241. The molecule has 27 heavy (non-hydrogen) atoms. The van der Waals surface area contributed by atoms with Gasteiger partial charge >= 0.3 is 0 Å². The van der Waals surface area contributed by atoms with E-state index in [2.05, 4.69) is 24.4 Å². The van der Waals surface area contributed by atoms with Gasteiger partial charge in [0.15, 0.2) is 11.5 Å². The topological polar surface area (TPSA) is 30.5 Å². The Hall–Kier alpha value is -3.01. The standard InChI is InChI=1S/C23H24FNO2/c1-3-26-23-14-18(15-25-21-10-8-20(24)9-11-21)7-12-22(23)27-16-19-6-4-5-17(2)13-19/h4-14,25H,3,15-16H2,1-2H3. The smallest absolute Gasteiger partial charge is 0.161 e. The SMILES string of the molecule is CCOc1cc(CNc2ccc(F)cc2)ccc1OCc1cccc(C)c1. The summed E-state index contributed by atoms with van der Waals surface area (Å²) in [7, 11) is 0. The Morgan fingerprint density at radius 1 is 0.852 bits per heavy atom. The van der Waals surface area contributed by atoms with Crippen LogP contribution in [-0.2, 0) is 13.2 Å². The van der Waals surface area contributed by atoms with Gasteiger partial charge in [-0.15, -0.1) is 0 Å². The fourth-order valence-corrected chi connectivity index (χ4v) is 2.78. The van der Waals surface area contributed by atoms with Gasteiger partial charge in [-0.3, -0.25) is 0 Å². The maximum Gasteiger partial charge on any atom is 0.161 e. The average molecular weight is 365 g/mol. The zero-order chi connectivity index (χ0) is 19.1. The normalized spacial score (nSPS) is 10.5. The average Bonchev–Trinajstić information content (AvgIpc) is 2.67. The second-order valence-corrected chi connectivity index (χ2v) is 6.35. The molecule has 0 saturated heterocycles. The molecule has 0 fully saturated rings. The summed E-state index contributed by atoms with van der Waals surface area (Å²) in [6.45, 7) is 5.69. The molecule has 3 rings (SSSR count). The quantitative estimate of drug-likeness (QED) is 0.553. The largest absolute Gasteiger partial charge is 0.490 e. The Balaban J connectivity index is 1.67. The van der Waals surface area contributed by atoms with Gasteiger partial charge in [0, 0.05) is 12.2 Å². The van der Waals surface area contributed by atoms with Crippen LogP contribution in [0.2, 0.25) is 0 Å². The van der Waals surface area contributed by atoms with E-state index in [9.17, 15) is 4.39 Å². The Labute approximate surface area is 159 Å². The van der Waals surface area contributed by atoms with E-state index in [1.165, 1.54) is 17.7 Å². The zero-order valence-electron chi connectivity index (χ0n) is 15.7. The van der Waals surface area contributed by atoms with E-state index in [0.717, 1.165) is 28.3 Å². The summed E-state index contributed by atoms with van der Waals surface area (Å²) < 4.78 is 24.7.